The monoisotopic (exact) mass is 350 g/mol. The Hall–Kier alpha value is -1.12. The number of carbonyl (C=O) groups excluding carboxylic acids is 1. The molecule has 1 aromatic heterocycles. The summed E-state index contributed by atoms with van der Waals surface area (Å²) >= 11 is 1.91. The minimum Gasteiger partial charge on any atom is -0.368 e. The van der Waals surface area contributed by atoms with Gasteiger partial charge in [-0.2, -0.15) is 0 Å². The van der Waals surface area contributed by atoms with Gasteiger partial charge in [-0.05, 0) is 36.4 Å². The van der Waals surface area contributed by atoms with Crippen molar-refractivity contribution in [3.8, 4) is 0 Å². The van der Waals surface area contributed by atoms with Gasteiger partial charge in [0, 0.05) is 13.6 Å². The Bertz CT molecular complexity index is 470. The molecule has 6 nitrogen and oxygen atoms in total. The van der Waals surface area contributed by atoms with Gasteiger partial charge >= 0.3 is 0 Å². The molecule has 1 rings (SSSR count). The van der Waals surface area contributed by atoms with E-state index in [4.69, 9.17) is 0 Å². The third-order valence-electron chi connectivity index (χ3n) is 2.34. The third kappa shape index (κ3) is 3.42. The van der Waals surface area contributed by atoms with Crippen LogP contribution < -0.4 is 16.2 Å². The molecule has 0 aromatic carbocycles. The first-order valence-corrected chi connectivity index (χ1v) is 6.15. The summed E-state index contributed by atoms with van der Waals surface area (Å²) in [5, 5.41) is 5.61. The molecule has 17 heavy (non-hydrogen) atoms. The molecule has 0 fully saturated rings. The van der Waals surface area contributed by atoms with Crippen molar-refractivity contribution in [2.45, 2.75) is 13.8 Å². The van der Waals surface area contributed by atoms with Crippen molar-refractivity contribution < 1.29 is 4.79 Å². The number of nitrogens with zero attached hydrogens (tertiary/aromatic N) is 1. The molecule has 0 unspecified atom stereocenters. The van der Waals surface area contributed by atoms with Gasteiger partial charge in [-0.1, -0.05) is 0 Å². The van der Waals surface area contributed by atoms with Gasteiger partial charge in [0.15, 0.2) is 0 Å². The summed E-state index contributed by atoms with van der Waals surface area (Å²) in [6.45, 7) is 4.04. The molecule has 0 atom stereocenters. The van der Waals surface area contributed by atoms with Crippen LogP contribution in [0.3, 0.4) is 0 Å². The molecule has 0 spiro atoms. The molecule has 94 valence electrons. The van der Waals surface area contributed by atoms with Gasteiger partial charge in [0.1, 0.15) is 9.39 Å². The van der Waals surface area contributed by atoms with Crippen LogP contribution in [0.25, 0.3) is 0 Å². The van der Waals surface area contributed by atoms with Crippen LogP contribution >= 0.6 is 22.6 Å². The van der Waals surface area contributed by atoms with Crippen molar-refractivity contribution in [3.63, 3.8) is 0 Å². The van der Waals surface area contributed by atoms with E-state index in [0.717, 1.165) is 0 Å². The van der Waals surface area contributed by atoms with Gasteiger partial charge in [-0.25, -0.2) is 4.98 Å². The van der Waals surface area contributed by atoms with Gasteiger partial charge in [0.05, 0.1) is 11.7 Å². The second-order valence-electron chi connectivity index (χ2n) is 4.21. The normalized spacial score (nSPS) is 11.1. The van der Waals surface area contributed by atoms with Crippen LogP contribution in [0.15, 0.2) is 11.1 Å². The zero-order chi connectivity index (χ0) is 13.1. The molecule has 7 heteroatoms. The lowest BCUT2D eigenvalue weighted by molar-refractivity contribution is -0.128. The predicted molar refractivity (Wildman–Crippen MR) is 73.9 cm³/mol. The fraction of sp³-hybridized carbons (Fsp3) is 0.500. The Balaban J connectivity index is 2.77. The summed E-state index contributed by atoms with van der Waals surface area (Å²) < 4.78 is 0.484. The summed E-state index contributed by atoms with van der Waals surface area (Å²) in [5.74, 6) is 0.427. The van der Waals surface area contributed by atoms with E-state index in [9.17, 15) is 9.59 Å². The van der Waals surface area contributed by atoms with Gasteiger partial charge in [0.2, 0.25) is 5.91 Å². The molecule has 0 saturated heterocycles. The van der Waals surface area contributed by atoms with Crippen LogP contribution in [0.1, 0.15) is 13.8 Å². The van der Waals surface area contributed by atoms with Crippen LogP contribution in [0.2, 0.25) is 0 Å². The quantitative estimate of drug-likeness (QED) is 0.693. The fourth-order valence-electron chi connectivity index (χ4n) is 1.23. The number of hydrogen-bond acceptors (Lipinski definition) is 4. The van der Waals surface area contributed by atoms with E-state index in [1.54, 1.807) is 7.05 Å². The Morgan fingerprint density at radius 3 is 2.82 bits per heavy atom. The van der Waals surface area contributed by atoms with Crippen molar-refractivity contribution in [1.29, 1.82) is 0 Å². The molecule has 1 heterocycles. The van der Waals surface area contributed by atoms with Crippen molar-refractivity contribution in [3.05, 3.63) is 20.3 Å². The zero-order valence-electron chi connectivity index (χ0n) is 9.93. The van der Waals surface area contributed by atoms with Crippen molar-refractivity contribution in [2.24, 2.45) is 5.41 Å². The average molecular weight is 350 g/mol. The van der Waals surface area contributed by atoms with Crippen molar-refractivity contribution in [1.82, 2.24) is 15.3 Å². The highest BCUT2D eigenvalue weighted by molar-refractivity contribution is 14.1. The Morgan fingerprint density at radius 2 is 2.24 bits per heavy atom. The Morgan fingerprint density at radius 1 is 1.59 bits per heavy atom. The van der Waals surface area contributed by atoms with Gasteiger partial charge in [-0.15, -0.1) is 0 Å². The second-order valence-corrected chi connectivity index (χ2v) is 5.29. The van der Waals surface area contributed by atoms with E-state index < -0.39 is 5.41 Å². The van der Waals surface area contributed by atoms with E-state index >= 15 is 0 Å². The smallest absolute Gasteiger partial charge is 0.266 e. The first kappa shape index (κ1) is 13.9. The summed E-state index contributed by atoms with van der Waals surface area (Å²) in [6.07, 6.45) is 1.33. The molecule has 0 aliphatic heterocycles. The maximum absolute atomic E-state index is 11.6. The molecular formula is C10H15IN4O2. The number of carbonyl (C=O) groups is 1. The number of halogens is 1. The summed E-state index contributed by atoms with van der Waals surface area (Å²) in [4.78, 5) is 29.4. The highest BCUT2D eigenvalue weighted by Gasteiger charge is 2.26. The minimum atomic E-state index is -0.567. The molecular weight excluding hydrogens is 335 g/mol. The first-order valence-electron chi connectivity index (χ1n) is 5.07. The van der Waals surface area contributed by atoms with Gasteiger partial charge in [0.25, 0.3) is 5.56 Å². The fourth-order valence-corrected chi connectivity index (χ4v) is 1.72. The SMILES string of the molecule is CNC(=O)C(C)(C)CNc1nc[nH]c(=O)c1I. The topological polar surface area (TPSA) is 86.9 Å². The first-order chi connectivity index (χ1) is 7.88. The number of amides is 1. The van der Waals surface area contributed by atoms with Crippen LogP contribution in [-0.2, 0) is 4.79 Å². The molecule has 1 aromatic rings. The zero-order valence-corrected chi connectivity index (χ0v) is 12.1. The lowest BCUT2D eigenvalue weighted by Gasteiger charge is -2.23. The number of rotatable bonds is 4. The van der Waals surface area contributed by atoms with Gasteiger partial charge in [-0.3, -0.25) is 9.59 Å². The minimum absolute atomic E-state index is 0.0650. The van der Waals surface area contributed by atoms with E-state index in [-0.39, 0.29) is 11.5 Å². The molecule has 0 saturated carbocycles. The molecule has 0 bridgehead atoms. The molecule has 1 amide bonds. The lowest BCUT2D eigenvalue weighted by atomic mass is 9.92. The Kier molecular flexibility index (Phi) is 4.49. The number of anilines is 1. The molecule has 0 aliphatic carbocycles. The van der Waals surface area contributed by atoms with Crippen LogP contribution in [0.5, 0.6) is 0 Å². The maximum atomic E-state index is 11.6. The van der Waals surface area contributed by atoms with E-state index in [1.165, 1.54) is 6.33 Å². The number of aromatic nitrogens is 2. The highest BCUT2D eigenvalue weighted by atomic mass is 127. The predicted octanol–water partition coefficient (Wildman–Crippen LogP) is 0.559. The molecule has 3 N–H and O–H groups in total. The number of H-pyrrole nitrogens is 1. The van der Waals surface area contributed by atoms with Crippen LogP contribution in [-0.4, -0.2) is 29.5 Å². The van der Waals surface area contributed by atoms with Crippen molar-refractivity contribution in [2.75, 3.05) is 18.9 Å². The number of nitrogens with one attached hydrogen (secondary N) is 3. The summed E-state index contributed by atoms with van der Waals surface area (Å²) in [7, 11) is 1.60. The second kappa shape index (κ2) is 5.48. The standard InChI is InChI=1S/C10H15IN4O2/c1-10(2,9(17)12-3)4-13-7-6(11)8(16)15-5-14-7/h5H,4H2,1-3H3,(H,12,17)(H2,13,14,15,16). The average Bonchev–Trinajstić information content (AvgIpc) is 2.30. The summed E-state index contributed by atoms with van der Waals surface area (Å²) in [5.41, 5.74) is -0.761. The molecule has 0 aliphatic rings. The largest absolute Gasteiger partial charge is 0.368 e. The lowest BCUT2D eigenvalue weighted by Crippen LogP contribution is -2.39. The number of hydrogen-bond donors (Lipinski definition) is 3. The van der Waals surface area contributed by atoms with Crippen LogP contribution in [0, 0.1) is 8.99 Å². The molecule has 0 radical (unpaired) electrons. The Labute approximate surface area is 113 Å². The van der Waals surface area contributed by atoms with Crippen LogP contribution in [0.4, 0.5) is 5.82 Å². The maximum Gasteiger partial charge on any atom is 0.266 e. The van der Waals surface area contributed by atoms with Gasteiger partial charge < -0.3 is 15.6 Å². The highest BCUT2D eigenvalue weighted by Crippen LogP contribution is 2.17. The van der Waals surface area contributed by atoms with E-state index in [1.807, 2.05) is 36.4 Å². The summed E-state index contributed by atoms with van der Waals surface area (Å²) in [6, 6.07) is 0. The van der Waals surface area contributed by atoms with E-state index in [2.05, 4.69) is 20.6 Å². The van der Waals surface area contributed by atoms with Crippen molar-refractivity contribution >= 4 is 34.3 Å². The third-order valence-corrected chi connectivity index (χ3v) is 3.34. The number of aromatic amines is 1. The van der Waals surface area contributed by atoms with E-state index in [0.29, 0.717) is 15.9 Å².